The predicted molar refractivity (Wildman–Crippen MR) is 85.5 cm³/mol. The van der Waals surface area contributed by atoms with Gasteiger partial charge in [0.25, 0.3) is 0 Å². The molecule has 0 saturated heterocycles. The number of hydrogen-bond acceptors (Lipinski definition) is 5. The van der Waals surface area contributed by atoms with Crippen LogP contribution in [0.5, 0.6) is 5.75 Å². The van der Waals surface area contributed by atoms with Crippen LogP contribution in [0.3, 0.4) is 0 Å². The largest absolute Gasteiger partial charge is 0.507 e. The maximum atomic E-state index is 9.63. The number of nitrogens with two attached hydrogens (primary N) is 1. The second kappa shape index (κ2) is 5.50. The lowest BCUT2D eigenvalue weighted by Gasteiger charge is -2.04. The number of fused-ring (bicyclic) bond motifs is 1. The van der Waals surface area contributed by atoms with E-state index in [-0.39, 0.29) is 5.75 Å². The molecule has 5 nitrogen and oxygen atoms in total. The first-order valence-corrected chi connectivity index (χ1v) is 6.46. The van der Waals surface area contributed by atoms with E-state index in [2.05, 4.69) is 15.5 Å². The molecule has 0 aliphatic heterocycles. The lowest BCUT2D eigenvalue weighted by molar-refractivity contribution is 0.474. The van der Waals surface area contributed by atoms with Crippen LogP contribution in [0.1, 0.15) is 5.56 Å². The Morgan fingerprint density at radius 3 is 2.76 bits per heavy atom. The SMILES string of the molecule is Nc1cccc2ccc(NN=Cc3ccccc3O)nc12. The topological polar surface area (TPSA) is 83.5 Å². The molecule has 3 rings (SSSR count). The molecule has 3 aromatic rings. The molecule has 0 aliphatic rings. The number of nitrogens with zero attached hydrogens (tertiary/aromatic N) is 2. The molecule has 0 amide bonds. The number of nitrogen functional groups attached to an aromatic ring is 1. The van der Waals surface area contributed by atoms with Crippen LogP contribution >= 0.6 is 0 Å². The number of pyridine rings is 1. The van der Waals surface area contributed by atoms with Crippen LogP contribution in [0.4, 0.5) is 11.5 Å². The summed E-state index contributed by atoms with van der Waals surface area (Å²) in [6.07, 6.45) is 1.54. The minimum atomic E-state index is 0.179. The summed E-state index contributed by atoms with van der Waals surface area (Å²) in [5.41, 5.74) is 10.7. The number of hydrogen-bond donors (Lipinski definition) is 3. The fraction of sp³-hybridized carbons (Fsp3) is 0. The van der Waals surface area contributed by atoms with E-state index in [0.29, 0.717) is 17.1 Å². The summed E-state index contributed by atoms with van der Waals surface area (Å²) < 4.78 is 0. The molecule has 1 aromatic heterocycles. The molecule has 0 saturated carbocycles. The monoisotopic (exact) mass is 278 g/mol. The van der Waals surface area contributed by atoms with Gasteiger partial charge in [-0.3, -0.25) is 5.43 Å². The second-order valence-corrected chi connectivity index (χ2v) is 4.54. The summed E-state index contributed by atoms with van der Waals surface area (Å²) in [5.74, 6) is 0.769. The van der Waals surface area contributed by atoms with Crippen molar-refractivity contribution in [2.45, 2.75) is 0 Å². The zero-order chi connectivity index (χ0) is 14.7. The third-order valence-electron chi connectivity index (χ3n) is 3.07. The van der Waals surface area contributed by atoms with Crippen molar-refractivity contribution in [2.75, 3.05) is 11.2 Å². The third kappa shape index (κ3) is 2.76. The molecule has 5 heteroatoms. The molecule has 0 aliphatic carbocycles. The van der Waals surface area contributed by atoms with Crippen molar-refractivity contribution in [1.82, 2.24) is 4.98 Å². The Kier molecular flexibility index (Phi) is 3.39. The standard InChI is InChI=1S/C16H14N4O/c17-13-6-3-5-11-8-9-15(19-16(11)13)20-18-10-12-4-1-2-7-14(12)21/h1-10,21H,17H2,(H,19,20). The minimum Gasteiger partial charge on any atom is -0.507 e. The first-order valence-electron chi connectivity index (χ1n) is 6.46. The van der Waals surface area contributed by atoms with Crippen LogP contribution in [0, 0.1) is 0 Å². The Morgan fingerprint density at radius 1 is 1.05 bits per heavy atom. The average Bonchev–Trinajstić information content (AvgIpc) is 2.50. The number of aromatic hydroxyl groups is 1. The predicted octanol–water partition coefficient (Wildman–Crippen LogP) is 2.97. The number of phenolic OH excluding ortho intramolecular Hbond substituents is 1. The number of aromatic nitrogens is 1. The first-order chi connectivity index (χ1) is 10.2. The normalized spacial score (nSPS) is 11.0. The summed E-state index contributed by atoms with van der Waals surface area (Å²) in [7, 11) is 0. The van der Waals surface area contributed by atoms with Crippen LogP contribution in [-0.2, 0) is 0 Å². The Bertz CT molecular complexity index is 814. The van der Waals surface area contributed by atoms with Gasteiger partial charge in [-0.1, -0.05) is 24.3 Å². The van der Waals surface area contributed by atoms with E-state index in [0.717, 1.165) is 10.9 Å². The Balaban J connectivity index is 1.82. The molecule has 0 fully saturated rings. The van der Waals surface area contributed by atoms with E-state index in [4.69, 9.17) is 5.73 Å². The van der Waals surface area contributed by atoms with E-state index >= 15 is 0 Å². The molecule has 0 spiro atoms. The Morgan fingerprint density at radius 2 is 1.90 bits per heavy atom. The number of anilines is 2. The number of nitrogens with one attached hydrogen (secondary N) is 1. The first kappa shape index (κ1) is 12.9. The van der Waals surface area contributed by atoms with Crippen LogP contribution in [0.25, 0.3) is 10.9 Å². The van der Waals surface area contributed by atoms with E-state index < -0.39 is 0 Å². The summed E-state index contributed by atoms with van der Waals surface area (Å²) in [5, 5.41) is 14.7. The third-order valence-corrected chi connectivity index (χ3v) is 3.07. The van der Waals surface area contributed by atoms with Crippen LogP contribution in [-0.4, -0.2) is 16.3 Å². The summed E-state index contributed by atoms with van der Waals surface area (Å²) in [6.45, 7) is 0. The van der Waals surface area contributed by atoms with Crippen molar-refractivity contribution in [3.8, 4) is 5.75 Å². The molecule has 4 N–H and O–H groups in total. The molecule has 2 aromatic carbocycles. The summed E-state index contributed by atoms with van der Waals surface area (Å²) in [4.78, 5) is 4.42. The fourth-order valence-electron chi connectivity index (χ4n) is 2.00. The number of rotatable bonds is 3. The number of benzene rings is 2. The Hall–Kier alpha value is -3.08. The zero-order valence-corrected chi connectivity index (χ0v) is 11.2. The summed E-state index contributed by atoms with van der Waals surface area (Å²) >= 11 is 0. The van der Waals surface area contributed by atoms with Gasteiger partial charge in [-0.25, -0.2) is 4.98 Å². The lowest BCUT2D eigenvalue weighted by atomic mass is 10.2. The molecule has 21 heavy (non-hydrogen) atoms. The van der Waals surface area contributed by atoms with Gasteiger partial charge in [0.2, 0.25) is 0 Å². The smallest absolute Gasteiger partial charge is 0.146 e. The van der Waals surface area contributed by atoms with Crippen molar-refractivity contribution >= 4 is 28.6 Å². The van der Waals surface area contributed by atoms with E-state index in [1.54, 1.807) is 18.2 Å². The maximum Gasteiger partial charge on any atom is 0.146 e. The van der Waals surface area contributed by atoms with Gasteiger partial charge in [-0.15, -0.1) is 0 Å². The van der Waals surface area contributed by atoms with E-state index in [9.17, 15) is 5.11 Å². The van der Waals surface area contributed by atoms with E-state index in [1.165, 1.54) is 6.21 Å². The van der Waals surface area contributed by atoms with Gasteiger partial charge in [0, 0.05) is 10.9 Å². The van der Waals surface area contributed by atoms with Gasteiger partial charge in [-0.2, -0.15) is 5.10 Å². The van der Waals surface area contributed by atoms with E-state index in [1.807, 2.05) is 36.4 Å². The van der Waals surface area contributed by atoms with Crippen molar-refractivity contribution in [1.29, 1.82) is 0 Å². The number of phenols is 1. The molecule has 0 unspecified atom stereocenters. The number of para-hydroxylation sites is 2. The van der Waals surface area contributed by atoms with Gasteiger partial charge in [-0.05, 0) is 30.3 Å². The van der Waals surface area contributed by atoms with Gasteiger partial charge in [0.1, 0.15) is 11.6 Å². The molecular weight excluding hydrogens is 264 g/mol. The van der Waals surface area contributed by atoms with Crippen LogP contribution in [0.2, 0.25) is 0 Å². The molecule has 0 atom stereocenters. The maximum absolute atomic E-state index is 9.63. The zero-order valence-electron chi connectivity index (χ0n) is 11.2. The van der Waals surface area contributed by atoms with Crippen LogP contribution < -0.4 is 11.2 Å². The second-order valence-electron chi connectivity index (χ2n) is 4.54. The van der Waals surface area contributed by atoms with Gasteiger partial charge in [0.05, 0.1) is 17.4 Å². The van der Waals surface area contributed by atoms with Gasteiger partial charge in [0.15, 0.2) is 0 Å². The highest BCUT2D eigenvalue weighted by Gasteiger charge is 2.00. The Labute approximate surface area is 121 Å². The lowest BCUT2D eigenvalue weighted by Crippen LogP contribution is -1.96. The van der Waals surface area contributed by atoms with Crippen molar-refractivity contribution in [3.63, 3.8) is 0 Å². The van der Waals surface area contributed by atoms with Gasteiger partial charge >= 0.3 is 0 Å². The molecule has 0 bridgehead atoms. The molecular formula is C16H14N4O. The van der Waals surface area contributed by atoms with Crippen LogP contribution in [0.15, 0.2) is 59.7 Å². The van der Waals surface area contributed by atoms with Crippen molar-refractivity contribution in [2.24, 2.45) is 5.10 Å². The fourth-order valence-corrected chi connectivity index (χ4v) is 2.00. The van der Waals surface area contributed by atoms with Gasteiger partial charge < -0.3 is 10.8 Å². The average molecular weight is 278 g/mol. The van der Waals surface area contributed by atoms with Crippen molar-refractivity contribution < 1.29 is 5.11 Å². The highest BCUT2D eigenvalue weighted by molar-refractivity contribution is 5.90. The number of hydrazone groups is 1. The highest BCUT2D eigenvalue weighted by Crippen LogP contribution is 2.20. The molecule has 1 heterocycles. The highest BCUT2D eigenvalue weighted by atomic mass is 16.3. The summed E-state index contributed by atoms with van der Waals surface area (Å²) in [6, 6.07) is 16.4. The quantitative estimate of drug-likeness (QED) is 0.391. The minimum absolute atomic E-state index is 0.179. The molecule has 104 valence electrons. The van der Waals surface area contributed by atoms with Crippen molar-refractivity contribution in [3.05, 3.63) is 60.2 Å². The molecule has 0 radical (unpaired) electrons.